The third kappa shape index (κ3) is 7.46. The van der Waals surface area contributed by atoms with Crippen LogP contribution in [0.2, 0.25) is 0 Å². The summed E-state index contributed by atoms with van der Waals surface area (Å²) in [6, 6.07) is 31.4. The van der Waals surface area contributed by atoms with Crippen molar-refractivity contribution in [3.05, 3.63) is 148 Å². The molecular weight excluding hydrogens is 553 g/mol. The Labute approximate surface area is 246 Å². The van der Waals surface area contributed by atoms with E-state index in [1.807, 2.05) is 65.2 Å². The van der Waals surface area contributed by atoms with Gasteiger partial charge in [-0.15, -0.1) is 10.2 Å². The van der Waals surface area contributed by atoms with E-state index >= 15 is 0 Å². The molecule has 4 aromatic carbocycles. The molecule has 1 N–H and O–H groups in total. The lowest BCUT2D eigenvalue weighted by molar-refractivity contribution is -0.384. The lowest BCUT2D eigenvalue weighted by Gasteiger charge is -2.20. The highest BCUT2D eigenvalue weighted by atomic mass is 32.2. The van der Waals surface area contributed by atoms with Gasteiger partial charge in [-0.1, -0.05) is 84.6 Å². The first-order valence-electron chi connectivity index (χ1n) is 13.4. The molecule has 0 saturated heterocycles. The number of aromatic nitrogens is 3. The van der Waals surface area contributed by atoms with E-state index in [0.717, 1.165) is 16.7 Å². The molecule has 1 heterocycles. The number of amides is 1. The normalized spacial score (nSPS) is 11.6. The number of carbonyl (C=O) groups excluding carboxylic acids is 1. The molecule has 0 spiro atoms. The zero-order valence-corrected chi connectivity index (χ0v) is 23.4. The van der Waals surface area contributed by atoms with E-state index in [1.165, 1.54) is 36.0 Å². The molecule has 0 aliphatic rings. The largest absolute Gasteiger partial charge is 0.346 e. The van der Waals surface area contributed by atoms with Gasteiger partial charge < -0.3 is 5.32 Å². The van der Waals surface area contributed by atoms with Crippen molar-refractivity contribution in [2.24, 2.45) is 0 Å². The van der Waals surface area contributed by atoms with E-state index in [9.17, 15) is 19.3 Å². The number of hydrogen-bond acceptors (Lipinski definition) is 6. The van der Waals surface area contributed by atoms with E-state index in [1.54, 1.807) is 24.3 Å². The molecular formula is C32H28FN5O3S. The number of nitrogens with zero attached hydrogens (tertiary/aromatic N) is 4. The molecule has 0 fully saturated rings. The van der Waals surface area contributed by atoms with Crippen LogP contribution in [-0.2, 0) is 23.4 Å². The second-order valence-electron chi connectivity index (χ2n) is 9.66. The Balaban J connectivity index is 1.48. The summed E-state index contributed by atoms with van der Waals surface area (Å²) in [6.45, 7) is 0. The Morgan fingerprint density at radius 3 is 2.14 bits per heavy atom. The maximum atomic E-state index is 13.4. The molecule has 1 atom stereocenters. The van der Waals surface area contributed by atoms with Crippen molar-refractivity contribution in [2.45, 2.75) is 36.2 Å². The Kier molecular flexibility index (Phi) is 9.35. The van der Waals surface area contributed by atoms with Crippen molar-refractivity contribution in [1.82, 2.24) is 20.1 Å². The second kappa shape index (κ2) is 13.7. The van der Waals surface area contributed by atoms with Gasteiger partial charge in [-0.05, 0) is 53.8 Å². The molecule has 0 aliphatic carbocycles. The fourth-order valence-corrected chi connectivity index (χ4v) is 5.44. The van der Waals surface area contributed by atoms with Crippen LogP contribution in [0.1, 0.15) is 35.0 Å². The zero-order chi connectivity index (χ0) is 29.3. The van der Waals surface area contributed by atoms with Crippen LogP contribution in [0, 0.1) is 15.9 Å². The number of thioether (sulfide) groups is 1. The minimum Gasteiger partial charge on any atom is -0.346 e. The summed E-state index contributed by atoms with van der Waals surface area (Å²) >= 11 is 1.40. The number of hydrogen-bond donors (Lipinski definition) is 1. The molecule has 42 heavy (non-hydrogen) atoms. The van der Waals surface area contributed by atoms with E-state index in [4.69, 9.17) is 0 Å². The molecule has 212 valence electrons. The lowest BCUT2D eigenvalue weighted by Crippen LogP contribution is -2.32. The number of rotatable bonds is 12. The molecule has 5 aromatic rings. The zero-order valence-electron chi connectivity index (χ0n) is 22.6. The third-order valence-electron chi connectivity index (χ3n) is 6.67. The lowest BCUT2D eigenvalue weighted by atomic mass is 10.0. The van der Waals surface area contributed by atoms with Gasteiger partial charge in [-0.25, -0.2) is 4.39 Å². The van der Waals surface area contributed by atoms with Gasteiger partial charge in [0, 0.05) is 30.0 Å². The van der Waals surface area contributed by atoms with Gasteiger partial charge in [0.05, 0.1) is 11.0 Å². The van der Waals surface area contributed by atoms with Crippen molar-refractivity contribution in [2.75, 3.05) is 0 Å². The smallest absolute Gasteiger partial charge is 0.269 e. The van der Waals surface area contributed by atoms with Crippen molar-refractivity contribution in [3.8, 4) is 5.69 Å². The average molecular weight is 582 g/mol. The molecule has 10 heteroatoms. The Morgan fingerprint density at radius 2 is 1.50 bits per heavy atom. The molecule has 1 unspecified atom stereocenters. The molecule has 1 amide bonds. The number of aryl methyl sites for hydroxylation is 1. The first kappa shape index (κ1) is 28.7. The van der Waals surface area contributed by atoms with Gasteiger partial charge in [0.15, 0.2) is 11.0 Å². The Hall–Kier alpha value is -4.83. The number of benzene rings is 4. The molecule has 8 nitrogen and oxygen atoms in total. The predicted octanol–water partition coefficient (Wildman–Crippen LogP) is 6.64. The van der Waals surface area contributed by atoms with E-state index in [0.29, 0.717) is 41.7 Å². The summed E-state index contributed by atoms with van der Waals surface area (Å²) in [5, 5.41) is 24.0. The second-order valence-corrected chi connectivity index (χ2v) is 10.6. The predicted molar refractivity (Wildman–Crippen MR) is 160 cm³/mol. The number of carbonyl (C=O) groups is 1. The van der Waals surface area contributed by atoms with Crippen LogP contribution >= 0.6 is 11.8 Å². The Bertz CT molecular complexity index is 1630. The molecule has 0 aliphatic heterocycles. The first-order valence-corrected chi connectivity index (χ1v) is 14.4. The van der Waals surface area contributed by atoms with E-state index in [-0.39, 0.29) is 17.4 Å². The molecule has 0 saturated carbocycles. The first-order chi connectivity index (χ1) is 20.5. The van der Waals surface area contributed by atoms with Gasteiger partial charge in [0.25, 0.3) is 5.69 Å². The van der Waals surface area contributed by atoms with Gasteiger partial charge >= 0.3 is 0 Å². The molecule has 1 aromatic heterocycles. The summed E-state index contributed by atoms with van der Waals surface area (Å²) < 4.78 is 15.3. The quantitative estimate of drug-likeness (QED) is 0.101. The third-order valence-corrected chi connectivity index (χ3v) is 7.67. The SMILES string of the molecule is O=C(CCc1ccccc1)NC(Cc1ccccc1)c1nnc(SCc2ccc(F)cc2)n1-c1ccc([N+](=O)[O-])cc1. The van der Waals surface area contributed by atoms with Crippen LogP contribution in [0.3, 0.4) is 0 Å². The van der Waals surface area contributed by atoms with E-state index in [2.05, 4.69) is 15.5 Å². The summed E-state index contributed by atoms with van der Waals surface area (Å²) in [5.74, 6) is 0.561. The van der Waals surface area contributed by atoms with Crippen molar-refractivity contribution < 1.29 is 14.1 Å². The van der Waals surface area contributed by atoms with Gasteiger partial charge in [0.2, 0.25) is 5.91 Å². The van der Waals surface area contributed by atoms with Gasteiger partial charge in [-0.3, -0.25) is 19.5 Å². The number of nitrogens with one attached hydrogen (secondary N) is 1. The highest BCUT2D eigenvalue weighted by Gasteiger charge is 2.25. The fraction of sp³-hybridized carbons (Fsp3) is 0.156. The number of non-ortho nitro benzene ring substituents is 1. The standard InChI is InChI=1S/C32H28FN5O3S/c33-26-14-11-25(12-15-26)22-42-32-36-35-31(37(32)27-16-18-28(19-17-27)38(40)41)29(21-24-9-5-2-6-10-24)34-30(39)20-13-23-7-3-1-4-8-23/h1-12,14-19,29H,13,20-22H2,(H,34,39). The summed E-state index contributed by atoms with van der Waals surface area (Å²) in [4.78, 5) is 24.1. The number of halogens is 1. The van der Waals surface area contributed by atoms with Gasteiger partial charge in [-0.2, -0.15) is 0 Å². The monoisotopic (exact) mass is 581 g/mol. The highest BCUT2D eigenvalue weighted by Crippen LogP contribution is 2.30. The van der Waals surface area contributed by atoms with Crippen LogP contribution in [0.5, 0.6) is 0 Å². The molecule has 5 rings (SSSR count). The van der Waals surface area contributed by atoms with Crippen LogP contribution in [0.4, 0.5) is 10.1 Å². The molecule has 0 radical (unpaired) electrons. The molecule has 0 bridgehead atoms. The van der Waals surface area contributed by atoms with Crippen molar-refractivity contribution >= 4 is 23.4 Å². The van der Waals surface area contributed by atoms with E-state index < -0.39 is 11.0 Å². The van der Waals surface area contributed by atoms with Crippen LogP contribution in [-0.4, -0.2) is 25.6 Å². The average Bonchev–Trinajstić information content (AvgIpc) is 3.44. The van der Waals surface area contributed by atoms with Crippen molar-refractivity contribution in [1.29, 1.82) is 0 Å². The van der Waals surface area contributed by atoms with Crippen LogP contribution in [0.25, 0.3) is 5.69 Å². The highest BCUT2D eigenvalue weighted by molar-refractivity contribution is 7.98. The topological polar surface area (TPSA) is 103 Å². The van der Waals surface area contributed by atoms with Crippen LogP contribution in [0.15, 0.2) is 114 Å². The van der Waals surface area contributed by atoms with Crippen LogP contribution < -0.4 is 5.32 Å². The maximum Gasteiger partial charge on any atom is 0.269 e. The minimum absolute atomic E-state index is 0.0380. The van der Waals surface area contributed by atoms with Gasteiger partial charge in [0.1, 0.15) is 5.82 Å². The summed E-state index contributed by atoms with van der Waals surface area (Å²) in [6.07, 6.45) is 1.36. The summed E-state index contributed by atoms with van der Waals surface area (Å²) in [7, 11) is 0. The maximum absolute atomic E-state index is 13.4. The minimum atomic E-state index is -0.529. The number of nitro groups is 1. The number of nitro benzene ring substituents is 1. The fourth-order valence-electron chi connectivity index (χ4n) is 4.52. The Morgan fingerprint density at radius 1 is 0.857 bits per heavy atom. The summed E-state index contributed by atoms with van der Waals surface area (Å²) in [5.41, 5.74) is 3.56. The van der Waals surface area contributed by atoms with Crippen molar-refractivity contribution in [3.63, 3.8) is 0 Å².